The van der Waals surface area contributed by atoms with E-state index >= 15 is 0 Å². The van der Waals surface area contributed by atoms with Gasteiger partial charge in [-0.3, -0.25) is 4.79 Å². The van der Waals surface area contributed by atoms with Gasteiger partial charge in [-0.15, -0.1) is 11.3 Å². The Kier molecular flexibility index (Phi) is 2.73. The van der Waals surface area contributed by atoms with E-state index in [2.05, 4.69) is 0 Å². The maximum atomic E-state index is 11.6. The Morgan fingerprint density at radius 3 is 2.93 bits per heavy atom. The van der Waals surface area contributed by atoms with Gasteiger partial charge in [-0.2, -0.15) is 0 Å². The molecule has 1 aromatic heterocycles. The summed E-state index contributed by atoms with van der Waals surface area (Å²) in [6.45, 7) is 2.00. The lowest BCUT2D eigenvalue weighted by molar-refractivity contribution is 0.0985. The number of carbonyl (C=O) groups excluding carboxylic acids is 1. The Morgan fingerprint density at radius 2 is 2.20 bits per heavy atom. The minimum absolute atomic E-state index is 0.193. The van der Waals surface area contributed by atoms with E-state index in [-0.39, 0.29) is 11.5 Å². The SMILES string of the molecule is CCCC(=O)c1cc2ccc(O)cc2s1. The number of phenolic OH excluding ortho intramolecular Hbond substituents is 1. The number of phenols is 1. The van der Waals surface area contributed by atoms with Crippen molar-refractivity contribution in [3.63, 3.8) is 0 Å². The molecule has 0 unspecified atom stereocenters. The molecule has 78 valence electrons. The lowest BCUT2D eigenvalue weighted by Crippen LogP contribution is -1.93. The summed E-state index contributed by atoms with van der Waals surface area (Å²) in [7, 11) is 0. The van der Waals surface area contributed by atoms with Crippen LogP contribution in [0, 0.1) is 0 Å². The van der Waals surface area contributed by atoms with Crippen LogP contribution >= 0.6 is 11.3 Å². The average molecular weight is 220 g/mol. The molecule has 0 amide bonds. The van der Waals surface area contributed by atoms with E-state index in [1.807, 2.05) is 19.1 Å². The monoisotopic (exact) mass is 220 g/mol. The van der Waals surface area contributed by atoms with Crippen LogP contribution in [-0.2, 0) is 0 Å². The normalized spacial score (nSPS) is 10.7. The standard InChI is InChI=1S/C12H12O2S/c1-2-3-10(14)12-6-8-4-5-9(13)7-11(8)15-12/h4-7,13H,2-3H2,1H3. The Balaban J connectivity index is 2.42. The van der Waals surface area contributed by atoms with Gasteiger partial charge in [-0.25, -0.2) is 0 Å². The lowest BCUT2D eigenvalue weighted by atomic mass is 10.2. The van der Waals surface area contributed by atoms with E-state index in [1.165, 1.54) is 11.3 Å². The van der Waals surface area contributed by atoms with Gasteiger partial charge in [0.15, 0.2) is 5.78 Å². The molecule has 0 saturated carbocycles. The molecule has 1 aromatic carbocycles. The van der Waals surface area contributed by atoms with Crippen LogP contribution in [0.15, 0.2) is 24.3 Å². The largest absolute Gasteiger partial charge is 0.508 e. The third-order valence-corrected chi connectivity index (χ3v) is 3.39. The van der Waals surface area contributed by atoms with Crippen molar-refractivity contribution in [1.29, 1.82) is 0 Å². The van der Waals surface area contributed by atoms with Crippen LogP contribution in [0.3, 0.4) is 0 Å². The molecule has 0 aliphatic heterocycles. The Hall–Kier alpha value is -1.35. The first-order valence-electron chi connectivity index (χ1n) is 4.96. The number of carbonyl (C=O) groups is 1. The van der Waals surface area contributed by atoms with Crippen molar-refractivity contribution in [1.82, 2.24) is 0 Å². The molecule has 0 bridgehead atoms. The van der Waals surface area contributed by atoms with Gasteiger partial charge in [-0.1, -0.05) is 6.92 Å². The summed E-state index contributed by atoms with van der Waals surface area (Å²) in [6, 6.07) is 7.08. The minimum Gasteiger partial charge on any atom is -0.508 e. The van der Waals surface area contributed by atoms with E-state index in [0.29, 0.717) is 6.42 Å². The summed E-state index contributed by atoms with van der Waals surface area (Å²) < 4.78 is 0.967. The zero-order chi connectivity index (χ0) is 10.8. The molecule has 0 fully saturated rings. The fraction of sp³-hybridized carbons (Fsp3) is 0.250. The van der Waals surface area contributed by atoms with Crippen LogP contribution in [0.4, 0.5) is 0 Å². The predicted molar refractivity (Wildman–Crippen MR) is 62.7 cm³/mol. The van der Waals surface area contributed by atoms with Crippen LogP contribution in [-0.4, -0.2) is 10.9 Å². The first kappa shape index (κ1) is 10.2. The maximum Gasteiger partial charge on any atom is 0.172 e. The highest BCUT2D eigenvalue weighted by Crippen LogP contribution is 2.29. The van der Waals surface area contributed by atoms with Crippen molar-refractivity contribution in [3.8, 4) is 5.75 Å². The summed E-state index contributed by atoms with van der Waals surface area (Å²) in [6.07, 6.45) is 1.47. The van der Waals surface area contributed by atoms with Crippen molar-refractivity contribution in [2.24, 2.45) is 0 Å². The quantitative estimate of drug-likeness (QED) is 0.802. The van der Waals surface area contributed by atoms with E-state index in [9.17, 15) is 9.90 Å². The highest BCUT2D eigenvalue weighted by Gasteiger charge is 2.09. The summed E-state index contributed by atoms with van der Waals surface area (Å²) in [5.41, 5.74) is 0. The second-order valence-corrected chi connectivity index (χ2v) is 4.59. The van der Waals surface area contributed by atoms with Crippen LogP contribution in [0.25, 0.3) is 10.1 Å². The van der Waals surface area contributed by atoms with Crippen molar-refractivity contribution >= 4 is 27.2 Å². The number of benzene rings is 1. The zero-order valence-corrected chi connectivity index (χ0v) is 9.30. The van der Waals surface area contributed by atoms with Gasteiger partial charge in [0.05, 0.1) is 4.88 Å². The first-order valence-corrected chi connectivity index (χ1v) is 5.78. The molecule has 0 radical (unpaired) electrons. The molecule has 15 heavy (non-hydrogen) atoms. The number of fused-ring (bicyclic) bond motifs is 1. The highest BCUT2D eigenvalue weighted by molar-refractivity contribution is 7.20. The lowest BCUT2D eigenvalue weighted by Gasteiger charge is -1.91. The smallest absolute Gasteiger partial charge is 0.172 e. The van der Waals surface area contributed by atoms with E-state index in [1.54, 1.807) is 12.1 Å². The number of thiophene rings is 1. The molecular formula is C12H12O2S. The average Bonchev–Trinajstić information content (AvgIpc) is 2.60. The van der Waals surface area contributed by atoms with Gasteiger partial charge in [-0.05, 0) is 36.1 Å². The van der Waals surface area contributed by atoms with E-state index in [0.717, 1.165) is 21.4 Å². The van der Waals surface area contributed by atoms with Crippen molar-refractivity contribution in [2.75, 3.05) is 0 Å². The zero-order valence-electron chi connectivity index (χ0n) is 8.49. The highest BCUT2D eigenvalue weighted by atomic mass is 32.1. The summed E-state index contributed by atoms with van der Waals surface area (Å²) in [5, 5.41) is 10.3. The molecule has 2 rings (SSSR count). The van der Waals surface area contributed by atoms with Crippen LogP contribution < -0.4 is 0 Å². The van der Waals surface area contributed by atoms with Crippen LogP contribution in [0.2, 0.25) is 0 Å². The maximum absolute atomic E-state index is 11.6. The molecule has 0 spiro atoms. The number of aromatic hydroxyl groups is 1. The molecule has 3 heteroatoms. The molecular weight excluding hydrogens is 208 g/mol. The first-order chi connectivity index (χ1) is 7.20. The van der Waals surface area contributed by atoms with Crippen molar-refractivity contribution in [2.45, 2.75) is 19.8 Å². The van der Waals surface area contributed by atoms with E-state index < -0.39 is 0 Å². The fourth-order valence-corrected chi connectivity index (χ4v) is 2.57. The third-order valence-electron chi connectivity index (χ3n) is 2.26. The fourth-order valence-electron chi connectivity index (χ4n) is 1.51. The minimum atomic E-state index is 0.193. The summed E-state index contributed by atoms with van der Waals surface area (Å²) in [4.78, 5) is 12.4. The van der Waals surface area contributed by atoms with E-state index in [4.69, 9.17) is 0 Å². The van der Waals surface area contributed by atoms with Gasteiger partial charge >= 0.3 is 0 Å². The Labute approximate surface area is 92.2 Å². The molecule has 0 atom stereocenters. The van der Waals surface area contributed by atoms with Crippen molar-refractivity contribution < 1.29 is 9.90 Å². The summed E-state index contributed by atoms with van der Waals surface area (Å²) >= 11 is 1.45. The van der Waals surface area contributed by atoms with Crippen LogP contribution in [0.1, 0.15) is 29.4 Å². The van der Waals surface area contributed by atoms with Crippen molar-refractivity contribution in [3.05, 3.63) is 29.1 Å². The molecule has 1 N–H and O–H groups in total. The van der Waals surface area contributed by atoms with Gasteiger partial charge in [0.2, 0.25) is 0 Å². The molecule has 0 aliphatic rings. The second kappa shape index (κ2) is 4.03. The molecule has 0 saturated heterocycles. The number of rotatable bonds is 3. The number of ketones is 1. The second-order valence-electron chi connectivity index (χ2n) is 3.51. The third kappa shape index (κ3) is 2.02. The van der Waals surface area contributed by atoms with Gasteiger partial charge < -0.3 is 5.11 Å². The number of Topliss-reactive ketones (excluding diaryl/α,β-unsaturated/α-hetero) is 1. The van der Waals surface area contributed by atoms with Crippen LogP contribution in [0.5, 0.6) is 5.75 Å². The van der Waals surface area contributed by atoms with Gasteiger partial charge in [0.25, 0.3) is 0 Å². The predicted octanol–water partition coefficient (Wildman–Crippen LogP) is 3.59. The Bertz CT molecular complexity index is 499. The van der Waals surface area contributed by atoms with Gasteiger partial charge in [0, 0.05) is 11.1 Å². The Morgan fingerprint density at radius 1 is 1.40 bits per heavy atom. The number of hydrogen-bond donors (Lipinski definition) is 1. The topological polar surface area (TPSA) is 37.3 Å². The number of hydrogen-bond acceptors (Lipinski definition) is 3. The molecule has 0 aliphatic carbocycles. The molecule has 1 heterocycles. The molecule has 2 aromatic rings. The summed E-state index contributed by atoms with van der Waals surface area (Å²) in [5.74, 6) is 0.442. The van der Waals surface area contributed by atoms with Gasteiger partial charge in [0.1, 0.15) is 5.75 Å². The molecule has 2 nitrogen and oxygen atoms in total.